The van der Waals surface area contributed by atoms with Crippen molar-refractivity contribution in [2.24, 2.45) is 5.92 Å². The first kappa shape index (κ1) is 16.4. The Morgan fingerprint density at radius 1 is 1.10 bits per heavy atom. The second-order valence-electron chi connectivity index (χ2n) is 7.41. The maximum Gasteiger partial charge on any atom is 0.132 e. The van der Waals surface area contributed by atoms with E-state index in [1.165, 1.54) is 23.4 Å². The average Bonchev–Trinajstić information content (AvgIpc) is 3.14. The molecule has 1 heterocycles. The Morgan fingerprint density at radius 3 is 2.00 bits per heavy atom. The number of aromatic nitrogens is 2. The van der Waals surface area contributed by atoms with Crippen molar-refractivity contribution in [3.63, 3.8) is 0 Å². The molecule has 1 aliphatic rings. The van der Waals surface area contributed by atoms with E-state index in [1.807, 2.05) is 0 Å². The number of hydrogen-bond donors (Lipinski definition) is 1. The molecule has 0 radical (unpaired) electrons. The number of aryl methyl sites for hydroxylation is 2. The predicted molar refractivity (Wildman–Crippen MR) is 88.8 cm³/mol. The van der Waals surface area contributed by atoms with Gasteiger partial charge in [0.1, 0.15) is 5.82 Å². The zero-order valence-electron chi connectivity index (χ0n) is 14.6. The van der Waals surface area contributed by atoms with Crippen molar-refractivity contribution in [3.8, 4) is 0 Å². The third-order valence-corrected chi connectivity index (χ3v) is 4.34. The van der Waals surface area contributed by atoms with Crippen LogP contribution in [0.25, 0.3) is 0 Å². The van der Waals surface area contributed by atoms with Gasteiger partial charge in [-0.1, -0.05) is 20.8 Å². The molecule has 1 aromatic heterocycles. The minimum absolute atomic E-state index is 0.170. The van der Waals surface area contributed by atoms with Crippen molar-refractivity contribution in [2.45, 2.75) is 78.7 Å². The smallest absolute Gasteiger partial charge is 0.132 e. The van der Waals surface area contributed by atoms with Crippen molar-refractivity contribution in [3.05, 3.63) is 22.8 Å². The molecule has 2 rings (SSSR count). The lowest BCUT2D eigenvalue weighted by Crippen LogP contribution is -2.37. The fourth-order valence-corrected chi connectivity index (χ4v) is 2.89. The predicted octanol–water partition coefficient (Wildman–Crippen LogP) is 3.66. The van der Waals surface area contributed by atoms with E-state index in [0.717, 1.165) is 37.5 Å². The molecule has 1 saturated carbocycles. The largest absolute Gasteiger partial charge is 0.312 e. The van der Waals surface area contributed by atoms with Crippen molar-refractivity contribution >= 4 is 0 Å². The van der Waals surface area contributed by atoms with Crippen LogP contribution in [0.3, 0.4) is 0 Å². The SMILES string of the molecule is CCc1nc(C2CC2C)nc(CC)c1CCNC(C)(C)C. The second kappa shape index (κ2) is 6.43. The molecule has 0 saturated heterocycles. The summed E-state index contributed by atoms with van der Waals surface area (Å²) >= 11 is 0. The van der Waals surface area contributed by atoms with Gasteiger partial charge in [-0.3, -0.25) is 0 Å². The van der Waals surface area contributed by atoms with Gasteiger partial charge < -0.3 is 5.32 Å². The summed E-state index contributed by atoms with van der Waals surface area (Å²) in [6.07, 6.45) is 4.31. The van der Waals surface area contributed by atoms with E-state index in [0.29, 0.717) is 5.92 Å². The summed E-state index contributed by atoms with van der Waals surface area (Å²) in [6, 6.07) is 0. The van der Waals surface area contributed by atoms with E-state index in [2.05, 4.69) is 46.9 Å². The van der Waals surface area contributed by atoms with Crippen LogP contribution in [-0.4, -0.2) is 22.1 Å². The number of hydrogen-bond acceptors (Lipinski definition) is 3. The van der Waals surface area contributed by atoms with Crippen LogP contribution in [0, 0.1) is 5.92 Å². The Labute approximate surface area is 130 Å². The van der Waals surface area contributed by atoms with Gasteiger partial charge in [0.05, 0.1) is 0 Å². The molecule has 1 fully saturated rings. The van der Waals surface area contributed by atoms with Crippen molar-refractivity contribution < 1.29 is 0 Å². The maximum absolute atomic E-state index is 4.89. The lowest BCUT2D eigenvalue weighted by molar-refractivity contribution is 0.428. The van der Waals surface area contributed by atoms with Gasteiger partial charge >= 0.3 is 0 Å². The Morgan fingerprint density at radius 2 is 1.62 bits per heavy atom. The van der Waals surface area contributed by atoms with Gasteiger partial charge in [0.2, 0.25) is 0 Å². The highest BCUT2D eigenvalue weighted by Crippen LogP contribution is 2.45. The van der Waals surface area contributed by atoms with Crippen LogP contribution >= 0.6 is 0 Å². The topological polar surface area (TPSA) is 37.8 Å². The molecule has 0 bridgehead atoms. The first-order chi connectivity index (χ1) is 9.85. The van der Waals surface area contributed by atoms with Crippen LogP contribution in [0.5, 0.6) is 0 Å². The normalized spacial score (nSPS) is 21.6. The van der Waals surface area contributed by atoms with Crippen LogP contribution in [0.2, 0.25) is 0 Å². The number of nitrogens with one attached hydrogen (secondary N) is 1. The molecule has 1 aromatic rings. The van der Waals surface area contributed by atoms with E-state index in [-0.39, 0.29) is 5.54 Å². The average molecular weight is 289 g/mol. The molecule has 1 aliphatic carbocycles. The van der Waals surface area contributed by atoms with Gasteiger partial charge in [0.15, 0.2) is 0 Å². The van der Waals surface area contributed by atoms with Crippen LogP contribution < -0.4 is 5.32 Å². The molecule has 3 heteroatoms. The molecular weight excluding hydrogens is 258 g/mol. The zero-order chi connectivity index (χ0) is 15.6. The fraction of sp³-hybridized carbons (Fsp3) is 0.778. The summed E-state index contributed by atoms with van der Waals surface area (Å²) in [6.45, 7) is 14.3. The number of rotatable bonds is 6. The van der Waals surface area contributed by atoms with Crippen molar-refractivity contribution in [1.82, 2.24) is 15.3 Å². The minimum atomic E-state index is 0.170. The van der Waals surface area contributed by atoms with E-state index in [9.17, 15) is 0 Å². The molecule has 0 amide bonds. The lowest BCUT2D eigenvalue weighted by Gasteiger charge is -2.21. The molecule has 118 valence electrons. The molecule has 21 heavy (non-hydrogen) atoms. The van der Waals surface area contributed by atoms with E-state index in [4.69, 9.17) is 9.97 Å². The first-order valence-electron chi connectivity index (χ1n) is 8.49. The summed E-state index contributed by atoms with van der Waals surface area (Å²) < 4.78 is 0. The maximum atomic E-state index is 4.89. The van der Waals surface area contributed by atoms with Gasteiger partial charge in [-0.05, 0) is 64.5 Å². The molecule has 2 unspecified atom stereocenters. The van der Waals surface area contributed by atoms with Crippen LogP contribution in [-0.2, 0) is 19.3 Å². The highest BCUT2D eigenvalue weighted by Gasteiger charge is 2.37. The fourth-order valence-electron chi connectivity index (χ4n) is 2.89. The molecule has 2 atom stereocenters. The highest BCUT2D eigenvalue weighted by atomic mass is 14.9. The summed E-state index contributed by atoms with van der Waals surface area (Å²) in [5.74, 6) is 2.49. The molecule has 0 spiro atoms. The van der Waals surface area contributed by atoms with E-state index in [1.54, 1.807) is 0 Å². The Balaban J connectivity index is 2.18. The molecule has 0 aliphatic heterocycles. The van der Waals surface area contributed by atoms with Crippen molar-refractivity contribution in [1.29, 1.82) is 0 Å². The van der Waals surface area contributed by atoms with Gasteiger partial charge in [0.25, 0.3) is 0 Å². The zero-order valence-corrected chi connectivity index (χ0v) is 14.6. The van der Waals surface area contributed by atoms with Crippen LogP contribution in [0.15, 0.2) is 0 Å². The second-order valence-corrected chi connectivity index (χ2v) is 7.41. The summed E-state index contributed by atoms with van der Waals surface area (Å²) in [5, 5.41) is 3.57. The third-order valence-electron chi connectivity index (χ3n) is 4.34. The molecule has 3 nitrogen and oxygen atoms in total. The lowest BCUT2D eigenvalue weighted by atomic mass is 10.0. The highest BCUT2D eigenvalue weighted by molar-refractivity contribution is 5.29. The Kier molecular flexibility index (Phi) is 5.03. The molecule has 0 aromatic carbocycles. The number of nitrogens with zero attached hydrogens (tertiary/aromatic N) is 2. The van der Waals surface area contributed by atoms with Gasteiger partial charge in [-0.2, -0.15) is 0 Å². The minimum Gasteiger partial charge on any atom is -0.312 e. The van der Waals surface area contributed by atoms with E-state index < -0.39 is 0 Å². The Bertz CT molecular complexity index is 463. The monoisotopic (exact) mass is 289 g/mol. The quantitative estimate of drug-likeness (QED) is 0.868. The molecular formula is C18H31N3. The van der Waals surface area contributed by atoms with E-state index >= 15 is 0 Å². The summed E-state index contributed by atoms with van der Waals surface area (Å²) in [5.41, 5.74) is 4.09. The van der Waals surface area contributed by atoms with Gasteiger partial charge in [0, 0.05) is 22.8 Å². The summed E-state index contributed by atoms with van der Waals surface area (Å²) in [7, 11) is 0. The van der Waals surface area contributed by atoms with Crippen molar-refractivity contribution in [2.75, 3.05) is 6.54 Å². The summed E-state index contributed by atoms with van der Waals surface area (Å²) in [4.78, 5) is 9.78. The molecule has 1 N–H and O–H groups in total. The van der Waals surface area contributed by atoms with Crippen LogP contribution in [0.4, 0.5) is 0 Å². The third kappa shape index (κ3) is 4.26. The van der Waals surface area contributed by atoms with Gasteiger partial charge in [-0.15, -0.1) is 0 Å². The van der Waals surface area contributed by atoms with Crippen LogP contribution in [0.1, 0.15) is 76.7 Å². The first-order valence-corrected chi connectivity index (χ1v) is 8.49. The Hall–Kier alpha value is -0.960. The standard InChI is InChI=1S/C18H31N3/c1-7-15-13(9-10-19-18(4,5)6)16(8-2)21-17(20-15)14-11-12(14)3/h12,14,19H,7-11H2,1-6H3. The van der Waals surface area contributed by atoms with Gasteiger partial charge in [-0.25, -0.2) is 9.97 Å².